The van der Waals surface area contributed by atoms with Gasteiger partial charge in [-0.05, 0) is 31.3 Å². The van der Waals surface area contributed by atoms with Crippen LogP contribution in [0.3, 0.4) is 0 Å². The molecule has 0 heterocycles. The van der Waals surface area contributed by atoms with Crippen LogP contribution in [0.1, 0.15) is 22.7 Å². The fourth-order valence-corrected chi connectivity index (χ4v) is 2.94. The summed E-state index contributed by atoms with van der Waals surface area (Å²) in [6.07, 6.45) is 0. The van der Waals surface area contributed by atoms with Crippen molar-refractivity contribution < 1.29 is 14.3 Å². The molecule has 0 saturated carbocycles. The number of carbonyl (C=O) groups is 1. The zero-order chi connectivity index (χ0) is 19.6. The Morgan fingerprint density at radius 2 is 1.78 bits per heavy atom. The van der Waals surface area contributed by atoms with Gasteiger partial charge in [0, 0.05) is 25.8 Å². The average molecular weight is 371 g/mol. The van der Waals surface area contributed by atoms with E-state index in [0.717, 1.165) is 22.4 Å². The highest BCUT2D eigenvalue weighted by molar-refractivity contribution is 5.73. The number of para-hydroxylation sites is 1. The lowest BCUT2D eigenvalue weighted by Gasteiger charge is -2.26. The predicted molar refractivity (Wildman–Crippen MR) is 107 cm³/mol. The van der Waals surface area contributed by atoms with Crippen LogP contribution in [0.15, 0.2) is 48.5 Å². The van der Waals surface area contributed by atoms with Crippen molar-refractivity contribution in [2.75, 3.05) is 34.9 Å². The molecule has 146 valence electrons. The van der Waals surface area contributed by atoms with Crippen molar-refractivity contribution in [1.82, 2.24) is 15.5 Å². The first-order valence-electron chi connectivity index (χ1n) is 8.93. The van der Waals surface area contributed by atoms with E-state index in [1.165, 1.54) is 0 Å². The average Bonchev–Trinajstić information content (AvgIpc) is 2.67. The van der Waals surface area contributed by atoms with Crippen molar-refractivity contribution in [3.8, 4) is 5.75 Å². The molecule has 2 amide bonds. The van der Waals surface area contributed by atoms with Gasteiger partial charge in [0.1, 0.15) is 5.75 Å². The molecule has 2 aromatic carbocycles. The SMILES string of the molecule is COCc1cccc(CNC(=O)NCC(c2ccccc2OC)N(C)C)c1. The van der Waals surface area contributed by atoms with E-state index in [1.54, 1.807) is 14.2 Å². The van der Waals surface area contributed by atoms with Crippen LogP contribution in [0.2, 0.25) is 0 Å². The second-order valence-electron chi connectivity index (χ2n) is 6.54. The lowest BCUT2D eigenvalue weighted by molar-refractivity contribution is 0.185. The highest BCUT2D eigenvalue weighted by Gasteiger charge is 2.18. The van der Waals surface area contributed by atoms with Crippen molar-refractivity contribution >= 4 is 6.03 Å². The largest absolute Gasteiger partial charge is 0.496 e. The lowest BCUT2D eigenvalue weighted by atomic mass is 10.0. The molecule has 1 unspecified atom stereocenters. The molecule has 2 aromatic rings. The van der Waals surface area contributed by atoms with E-state index in [2.05, 4.69) is 15.5 Å². The number of ether oxygens (including phenoxy) is 2. The van der Waals surface area contributed by atoms with E-state index in [0.29, 0.717) is 19.7 Å². The molecule has 0 bridgehead atoms. The van der Waals surface area contributed by atoms with Gasteiger partial charge in [0.2, 0.25) is 0 Å². The number of methoxy groups -OCH3 is 2. The molecule has 2 N–H and O–H groups in total. The molecule has 1 atom stereocenters. The summed E-state index contributed by atoms with van der Waals surface area (Å²) in [6, 6.07) is 15.6. The smallest absolute Gasteiger partial charge is 0.315 e. The van der Waals surface area contributed by atoms with Gasteiger partial charge in [-0.25, -0.2) is 4.79 Å². The number of rotatable bonds is 9. The van der Waals surface area contributed by atoms with Gasteiger partial charge in [0.05, 0.1) is 19.8 Å². The Hall–Kier alpha value is -2.57. The van der Waals surface area contributed by atoms with E-state index in [1.807, 2.05) is 62.6 Å². The molecular formula is C21H29N3O3. The van der Waals surface area contributed by atoms with Crippen molar-refractivity contribution in [3.05, 3.63) is 65.2 Å². The van der Waals surface area contributed by atoms with Crippen LogP contribution in [-0.4, -0.2) is 45.8 Å². The molecule has 0 aliphatic rings. The first kappa shape index (κ1) is 20.7. The second kappa shape index (κ2) is 10.5. The van der Waals surface area contributed by atoms with Crippen LogP contribution in [0, 0.1) is 0 Å². The Labute approximate surface area is 161 Å². The summed E-state index contributed by atoms with van der Waals surface area (Å²) in [4.78, 5) is 14.3. The molecule has 0 radical (unpaired) electrons. The summed E-state index contributed by atoms with van der Waals surface area (Å²) in [7, 11) is 7.29. The number of likely N-dealkylation sites (N-methyl/N-ethyl adjacent to an activating group) is 1. The molecule has 0 spiro atoms. The fourth-order valence-electron chi connectivity index (χ4n) is 2.94. The van der Waals surface area contributed by atoms with E-state index in [4.69, 9.17) is 9.47 Å². The van der Waals surface area contributed by atoms with E-state index in [-0.39, 0.29) is 12.1 Å². The summed E-state index contributed by atoms with van der Waals surface area (Å²) < 4.78 is 10.6. The molecule has 0 aliphatic heterocycles. The molecule has 6 heteroatoms. The minimum atomic E-state index is -0.200. The fraction of sp³-hybridized carbons (Fsp3) is 0.381. The summed E-state index contributed by atoms with van der Waals surface area (Å²) in [5.74, 6) is 0.813. The van der Waals surface area contributed by atoms with Gasteiger partial charge in [0.15, 0.2) is 0 Å². The summed E-state index contributed by atoms with van der Waals surface area (Å²) in [5.41, 5.74) is 3.16. The normalized spacial score (nSPS) is 11.9. The quantitative estimate of drug-likeness (QED) is 0.711. The summed E-state index contributed by atoms with van der Waals surface area (Å²) >= 11 is 0. The molecule has 0 aromatic heterocycles. The third-order valence-corrected chi connectivity index (χ3v) is 4.33. The standard InChI is InChI=1S/C21H29N3O3/c1-24(2)19(18-10-5-6-11-20(18)27-4)14-23-21(25)22-13-16-8-7-9-17(12-16)15-26-3/h5-12,19H,13-15H2,1-4H3,(H2,22,23,25). The maximum atomic E-state index is 12.2. The number of nitrogens with zero attached hydrogens (tertiary/aromatic N) is 1. The van der Waals surface area contributed by atoms with E-state index >= 15 is 0 Å². The summed E-state index contributed by atoms with van der Waals surface area (Å²) in [6.45, 7) is 1.50. The maximum Gasteiger partial charge on any atom is 0.315 e. The van der Waals surface area contributed by atoms with Gasteiger partial charge in [-0.2, -0.15) is 0 Å². The van der Waals surface area contributed by atoms with Crippen molar-refractivity contribution in [1.29, 1.82) is 0 Å². The molecular weight excluding hydrogens is 342 g/mol. The van der Waals surface area contributed by atoms with Crippen LogP contribution < -0.4 is 15.4 Å². The van der Waals surface area contributed by atoms with Gasteiger partial charge in [-0.1, -0.05) is 42.5 Å². The third kappa shape index (κ3) is 6.27. The minimum Gasteiger partial charge on any atom is -0.496 e. The number of hydrogen-bond donors (Lipinski definition) is 2. The monoisotopic (exact) mass is 371 g/mol. The predicted octanol–water partition coefficient (Wildman–Crippen LogP) is 2.94. The minimum absolute atomic E-state index is 0.0110. The van der Waals surface area contributed by atoms with Crippen LogP contribution >= 0.6 is 0 Å². The first-order valence-corrected chi connectivity index (χ1v) is 8.93. The highest BCUT2D eigenvalue weighted by Crippen LogP contribution is 2.27. The molecule has 2 rings (SSSR count). The molecule has 0 fully saturated rings. The number of benzene rings is 2. The maximum absolute atomic E-state index is 12.2. The van der Waals surface area contributed by atoms with Gasteiger partial charge >= 0.3 is 6.03 Å². The number of urea groups is 1. The van der Waals surface area contributed by atoms with E-state index in [9.17, 15) is 4.79 Å². The van der Waals surface area contributed by atoms with Gasteiger partial charge < -0.3 is 25.0 Å². The van der Waals surface area contributed by atoms with Gasteiger partial charge in [-0.15, -0.1) is 0 Å². The number of carbonyl (C=O) groups excluding carboxylic acids is 1. The Morgan fingerprint density at radius 1 is 1.04 bits per heavy atom. The van der Waals surface area contributed by atoms with Gasteiger partial charge in [0.25, 0.3) is 0 Å². The Kier molecular flexibility index (Phi) is 8.10. The Bertz CT molecular complexity index is 734. The zero-order valence-corrected chi connectivity index (χ0v) is 16.5. The molecule has 0 saturated heterocycles. The number of hydrogen-bond acceptors (Lipinski definition) is 4. The summed E-state index contributed by atoms with van der Waals surface area (Å²) in [5, 5.41) is 5.85. The van der Waals surface area contributed by atoms with E-state index < -0.39 is 0 Å². The molecule has 27 heavy (non-hydrogen) atoms. The van der Waals surface area contributed by atoms with Crippen molar-refractivity contribution in [2.24, 2.45) is 0 Å². The van der Waals surface area contributed by atoms with Crippen LogP contribution in [0.25, 0.3) is 0 Å². The van der Waals surface area contributed by atoms with Crippen molar-refractivity contribution in [2.45, 2.75) is 19.2 Å². The topological polar surface area (TPSA) is 62.8 Å². The third-order valence-electron chi connectivity index (χ3n) is 4.33. The Morgan fingerprint density at radius 3 is 2.48 bits per heavy atom. The van der Waals surface area contributed by atoms with Gasteiger partial charge in [-0.3, -0.25) is 0 Å². The zero-order valence-electron chi connectivity index (χ0n) is 16.5. The van der Waals surface area contributed by atoms with Crippen LogP contribution in [-0.2, 0) is 17.9 Å². The van der Waals surface area contributed by atoms with Crippen molar-refractivity contribution in [3.63, 3.8) is 0 Å². The Balaban J connectivity index is 1.91. The highest BCUT2D eigenvalue weighted by atomic mass is 16.5. The van der Waals surface area contributed by atoms with Crippen LogP contribution in [0.4, 0.5) is 4.79 Å². The molecule has 0 aliphatic carbocycles. The first-order chi connectivity index (χ1) is 13.0. The van der Waals surface area contributed by atoms with Crippen LogP contribution in [0.5, 0.6) is 5.75 Å². The molecule has 6 nitrogen and oxygen atoms in total. The number of nitrogens with one attached hydrogen (secondary N) is 2. The second-order valence-corrected chi connectivity index (χ2v) is 6.54. The number of amides is 2. The lowest BCUT2D eigenvalue weighted by Crippen LogP contribution is -2.40.